The number of hydrogen-bond acceptors (Lipinski definition) is 7. The van der Waals surface area contributed by atoms with E-state index in [0.29, 0.717) is 65.2 Å². The Morgan fingerprint density at radius 1 is 0.959 bits per heavy atom. The molecule has 1 N–H and O–H groups in total. The van der Waals surface area contributed by atoms with Crippen LogP contribution >= 0.6 is 0 Å². The molecule has 3 amide bonds. The third-order valence-corrected chi connectivity index (χ3v) is 11.0. The van der Waals surface area contributed by atoms with Crippen molar-refractivity contribution in [3.05, 3.63) is 97.1 Å². The molecule has 6 atom stereocenters. The molecule has 0 saturated carbocycles. The SMILES string of the molecule is C=CCN(CCN1CCOCC1)C(=O)C1N([C@@H](CO)Cc2ccccc2)C(=O)[C@@H]2[C@@H](C(=O)N(CC=C)Cc3ccccc3)[C@@]3(C)CCC12O3. The summed E-state index contributed by atoms with van der Waals surface area (Å²) >= 11 is 0. The summed E-state index contributed by atoms with van der Waals surface area (Å²) in [6.45, 7) is 14.4. The molecule has 2 aromatic carbocycles. The average molecular weight is 671 g/mol. The van der Waals surface area contributed by atoms with Gasteiger partial charge in [0.25, 0.3) is 0 Å². The van der Waals surface area contributed by atoms with E-state index in [1.807, 2.05) is 67.6 Å². The molecule has 4 fully saturated rings. The molecule has 2 unspecified atom stereocenters. The van der Waals surface area contributed by atoms with Gasteiger partial charge in [0.1, 0.15) is 11.6 Å². The topological polar surface area (TPSA) is 103 Å². The predicted molar refractivity (Wildman–Crippen MR) is 186 cm³/mol. The third kappa shape index (κ3) is 6.71. The molecule has 4 heterocycles. The average Bonchev–Trinajstić information content (AvgIpc) is 3.70. The number of rotatable bonds is 15. The van der Waals surface area contributed by atoms with Crippen molar-refractivity contribution in [3.63, 3.8) is 0 Å². The van der Waals surface area contributed by atoms with Gasteiger partial charge in [-0.1, -0.05) is 72.8 Å². The summed E-state index contributed by atoms with van der Waals surface area (Å²) in [5, 5.41) is 10.9. The highest BCUT2D eigenvalue weighted by Crippen LogP contribution is 2.64. The van der Waals surface area contributed by atoms with E-state index in [4.69, 9.17) is 9.47 Å². The number of hydrogen-bond donors (Lipinski definition) is 1. The van der Waals surface area contributed by atoms with Crippen molar-refractivity contribution in [2.75, 3.05) is 59.1 Å². The molecule has 0 aliphatic carbocycles. The minimum atomic E-state index is -1.21. The molecule has 262 valence electrons. The summed E-state index contributed by atoms with van der Waals surface area (Å²) in [7, 11) is 0. The second kappa shape index (κ2) is 15.0. The van der Waals surface area contributed by atoms with Gasteiger partial charge in [0, 0.05) is 45.8 Å². The second-order valence-electron chi connectivity index (χ2n) is 14.0. The van der Waals surface area contributed by atoms with Crippen molar-refractivity contribution in [1.82, 2.24) is 19.6 Å². The summed E-state index contributed by atoms with van der Waals surface area (Å²) in [5.74, 6) is -2.39. The zero-order chi connectivity index (χ0) is 34.6. The van der Waals surface area contributed by atoms with Crippen molar-refractivity contribution < 1.29 is 29.0 Å². The summed E-state index contributed by atoms with van der Waals surface area (Å²) in [5.41, 5.74) is -0.227. The van der Waals surface area contributed by atoms with Gasteiger partial charge in [-0.2, -0.15) is 0 Å². The van der Waals surface area contributed by atoms with Crippen molar-refractivity contribution in [2.24, 2.45) is 11.8 Å². The zero-order valence-electron chi connectivity index (χ0n) is 28.6. The quantitative estimate of drug-likeness (QED) is 0.291. The summed E-state index contributed by atoms with van der Waals surface area (Å²) < 4.78 is 12.5. The van der Waals surface area contributed by atoms with Gasteiger partial charge >= 0.3 is 0 Å². The number of amides is 3. The fraction of sp³-hybridized carbons (Fsp3) is 0.513. The van der Waals surface area contributed by atoms with Crippen molar-refractivity contribution in [3.8, 4) is 0 Å². The van der Waals surface area contributed by atoms with E-state index in [0.717, 1.165) is 24.2 Å². The Labute approximate surface area is 289 Å². The van der Waals surface area contributed by atoms with E-state index in [9.17, 15) is 19.5 Å². The van der Waals surface area contributed by atoms with Gasteiger partial charge in [0.15, 0.2) is 0 Å². The number of aliphatic hydroxyl groups excluding tert-OH is 1. The molecule has 10 nitrogen and oxygen atoms in total. The Morgan fingerprint density at radius 3 is 2.22 bits per heavy atom. The number of nitrogens with zero attached hydrogens (tertiary/aromatic N) is 4. The lowest BCUT2D eigenvalue weighted by atomic mass is 9.66. The van der Waals surface area contributed by atoms with Crippen LogP contribution in [0.1, 0.15) is 30.9 Å². The van der Waals surface area contributed by atoms with Crippen LogP contribution in [0, 0.1) is 11.8 Å². The van der Waals surface area contributed by atoms with E-state index in [1.54, 1.807) is 26.9 Å². The first kappa shape index (κ1) is 35.0. The molecule has 4 aliphatic heterocycles. The highest BCUT2D eigenvalue weighted by molar-refractivity contribution is 5.99. The van der Waals surface area contributed by atoms with Crippen molar-refractivity contribution in [1.29, 1.82) is 0 Å². The Hall–Kier alpha value is -3.83. The minimum Gasteiger partial charge on any atom is -0.394 e. The normalized spacial score (nSPS) is 28.2. The molecule has 0 aromatic heterocycles. The number of aliphatic hydroxyl groups is 1. The van der Waals surface area contributed by atoms with Gasteiger partial charge in [-0.25, -0.2) is 0 Å². The van der Waals surface area contributed by atoms with Crippen LogP contribution in [0.15, 0.2) is 86.0 Å². The Bertz CT molecular complexity index is 1500. The fourth-order valence-electron chi connectivity index (χ4n) is 8.65. The van der Waals surface area contributed by atoms with Crippen LogP contribution in [-0.4, -0.2) is 125 Å². The maximum Gasteiger partial charge on any atom is 0.248 e. The molecular weight excluding hydrogens is 620 g/mol. The summed E-state index contributed by atoms with van der Waals surface area (Å²) in [4.78, 5) is 52.0. The van der Waals surface area contributed by atoms with E-state index >= 15 is 0 Å². The van der Waals surface area contributed by atoms with Gasteiger partial charge in [0.2, 0.25) is 17.7 Å². The van der Waals surface area contributed by atoms with Crippen LogP contribution < -0.4 is 0 Å². The number of carbonyl (C=O) groups excluding carboxylic acids is 3. The van der Waals surface area contributed by atoms with E-state index < -0.39 is 35.1 Å². The van der Waals surface area contributed by atoms with Gasteiger partial charge in [-0.15, -0.1) is 13.2 Å². The molecule has 6 rings (SSSR count). The van der Waals surface area contributed by atoms with Crippen LogP contribution in [0.5, 0.6) is 0 Å². The molecule has 2 bridgehead atoms. The molecule has 10 heteroatoms. The lowest BCUT2D eigenvalue weighted by Gasteiger charge is -2.40. The van der Waals surface area contributed by atoms with Crippen LogP contribution in [-0.2, 0) is 36.8 Å². The molecule has 0 radical (unpaired) electrons. The number of ether oxygens (including phenoxy) is 2. The number of carbonyl (C=O) groups is 3. The molecular formula is C39H50N4O6. The first-order chi connectivity index (χ1) is 23.8. The second-order valence-corrected chi connectivity index (χ2v) is 14.0. The number of morpholine rings is 1. The Balaban J connectivity index is 1.38. The molecule has 49 heavy (non-hydrogen) atoms. The van der Waals surface area contributed by atoms with Gasteiger partial charge in [0.05, 0.1) is 43.3 Å². The van der Waals surface area contributed by atoms with E-state index in [1.165, 1.54) is 0 Å². The van der Waals surface area contributed by atoms with Gasteiger partial charge in [-0.3, -0.25) is 19.3 Å². The summed E-state index contributed by atoms with van der Waals surface area (Å²) in [6, 6.07) is 17.7. The van der Waals surface area contributed by atoms with E-state index in [2.05, 4.69) is 18.1 Å². The first-order valence-corrected chi connectivity index (χ1v) is 17.6. The highest BCUT2D eigenvalue weighted by Gasteiger charge is 2.78. The molecule has 4 aliphatic rings. The largest absolute Gasteiger partial charge is 0.394 e. The van der Waals surface area contributed by atoms with E-state index in [-0.39, 0.29) is 24.3 Å². The highest BCUT2D eigenvalue weighted by atomic mass is 16.5. The number of benzene rings is 2. The standard InChI is InChI=1S/C39H50N4O6/c1-4-18-41(21-20-40-22-24-48-25-23-40)37(47)34-39-17-16-38(3,49-39)32(35(45)42(19-5-2)27-30-14-10-7-11-15-30)33(39)36(46)43(34)31(28-44)26-29-12-8-6-9-13-29/h4-15,31-34,44H,1-2,16-28H2,3H3/t31-,32+,33+,34?,38-,39?/m1/s1. The predicted octanol–water partition coefficient (Wildman–Crippen LogP) is 2.92. The lowest BCUT2D eigenvalue weighted by Crippen LogP contribution is -2.60. The monoisotopic (exact) mass is 670 g/mol. The zero-order valence-corrected chi connectivity index (χ0v) is 28.6. The first-order valence-electron chi connectivity index (χ1n) is 17.6. The molecule has 1 spiro atoms. The Morgan fingerprint density at radius 2 is 1.59 bits per heavy atom. The lowest BCUT2D eigenvalue weighted by molar-refractivity contribution is -0.156. The third-order valence-electron chi connectivity index (χ3n) is 11.0. The molecule has 4 saturated heterocycles. The Kier molecular flexibility index (Phi) is 10.7. The minimum absolute atomic E-state index is 0.182. The van der Waals surface area contributed by atoms with Crippen LogP contribution in [0.25, 0.3) is 0 Å². The molecule has 2 aromatic rings. The number of fused-ring (bicyclic) bond motifs is 1. The summed E-state index contributed by atoms with van der Waals surface area (Å²) in [6.07, 6.45) is 4.77. The fourth-order valence-corrected chi connectivity index (χ4v) is 8.65. The van der Waals surface area contributed by atoms with Crippen molar-refractivity contribution in [2.45, 2.75) is 56.0 Å². The van der Waals surface area contributed by atoms with Crippen molar-refractivity contribution >= 4 is 17.7 Å². The van der Waals surface area contributed by atoms with Crippen LogP contribution in [0.4, 0.5) is 0 Å². The maximum atomic E-state index is 15.0. The number of likely N-dealkylation sites (tertiary alicyclic amines) is 1. The maximum absolute atomic E-state index is 15.0. The van der Waals surface area contributed by atoms with Gasteiger partial charge in [-0.05, 0) is 37.3 Å². The smallest absolute Gasteiger partial charge is 0.248 e. The van der Waals surface area contributed by atoms with Gasteiger partial charge < -0.3 is 29.3 Å². The van der Waals surface area contributed by atoms with Crippen LogP contribution in [0.3, 0.4) is 0 Å². The van der Waals surface area contributed by atoms with Crippen LogP contribution in [0.2, 0.25) is 0 Å².